The summed E-state index contributed by atoms with van der Waals surface area (Å²) < 4.78 is 0. The Morgan fingerprint density at radius 2 is 2.25 bits per heavy atom. The average molecular weight is 111 g/mol. The molecule has 0 spiro atoms. The Bertz CT molecular complexity index is 103. The summed E-state index contributed by atoms with van der Waals surface area (Å²) in [5.41, 5.74) is 0.481. The van der Waals surface area contributed by atoms with Crippen LogP contribution in [0.4, 0.5) is 0 Å². The lowest BCUT2D eigenvalue weighted by molar-refractivity contribution is 0.346. The number of aliphatic imine (C=N–C) groups is 1. The lowest BCUT2D eigenvalue weighted by Gasteiger charge is -2.23. The lowest BCUT2D eigenvalue weighted by atomic mass is 9.87. The van der Waals surface area contributed by atoms with Gasteiger partial charge < -0.3 is 0 Å². The number of hydrogen-bond donors (Lipinski definition) is 0. The fourth-order valence-corrected chi connectivity index (χ4v) is 0.937. The third-order valence-corrected chi connectivity index (χ3v) is 1.60. The van der Waals surface area contributed by atoms with E-state index in [9.17, 15) is 0 Å². The van der Waals surface area contributed by atoms with E-state index in [1.54, 1.807) is 0 Å². The number of nitrogens with zero attached hydrogens (tertiary/aromatic N) is 1. The third kappa shape index (κ3) is 1.32. The van der Waals surface area contributed by atoms with Gasteiger partial charge in [0.1, 0.15) is 0 Å². The van der Waals surface area contributed by atoms with Crippen LogP contribution in [0.25, 0.3) is 0 Å². The van der Waals surface area contributed by atoms with Gasteiger partial charge in [0, 0.05) is 6.54 Å². The molecule has 0 N–H and O–H groups in total. The summed E-state index contributed by atoms with van der Waals surface area (Å²) in [6.07, 6.45) is 4.51. The molecule has 1 aliphatic rings. The van der Waals surface area contributed by atoms with Crippen molar-refractivity contribution in [3.8, 4) is 0 Å². The van der Waals surface area contributed by atoms with Crippen LogP contribution in [0.5, 0.6) is 0 Å². The molecule has 0 bridgehead atoms. The van der Waals surface area contributed by atoms with E-state index in [1.807, 2.05) is 6.21 Å². The van der Waals surface area contributed by atoms with E-state index < -0.39 is 0 Å². The second kappa shape index (κ2) is 1.88. The van der Waals surface area contributed by atoms with Gasteiger partial charge in [0.2, 0.25) is 0 Å². The number of hydrogen-bond acceptors (Lipinski definition) is 1. The topological polar surface area (TPSA) is 12.4 Å². The molecule has 0 aromatic heterocycles. The van der Waals surface area contributed by atoms with Gasteiger partial charge in [-0.3, -0.25) is 4.99 Å². The fourth-order valence-electron chi connectivity index (χ4n) is 0.937. The zero-order valence-electron chi connectivity index (χ0n) is 5.65. The van der Waals surface area contributed by atoms with Gasteiger partial charge in [0.15, 0.2) is 0 Å². The van der Waals surface area contributed by atoms with Gasteiger partial charge >= 0.3 is 0 Å². The molecule has 1 nitrogen and oxygen atoms in total. The van der Waals surface area contributed by atoms with Gasteiger partial charge in [-0.2, -0.15) is 0 Å². The smallest absolute Gasteiger partial charge is 0.0436 e. The molecule has 0 aliphatic carbocycles. The first-order chi connectivity index (χ1) is 3.71. The maximum Gasteiger partial charge on any atom is 0.0436 e. The van der Waals surface area contributed by atoms with Gasteiger partial charge in [-0.05, 0) is 24.5 Å². The van der Waals surface area contributed by atoms with Gasteiger partial charge in [0.25, 0.3) is 0 Å². The van der Waals surface area contributed by atoms with E-state index in [4.69, 9.17) is 0 Å². The van der Waals surface area contributed by atoms with Crippen LogP contribution in [0.2, 0.25) is 0 Å². The van der Waals surface area contributed by atoms with Crippen LogP contribution in [0, 0.1) is 5.41 Å². The van der Waals surface area contributed by atoms with Crippen molar-refractivity contribution in [3.05, 3.63) is 0 Å². The summed E-state index contributed by atoms with van der Waals surface area (Å²) >= 11 is 0. The van der Waals surface area contributed by atoms with Crippen LogP contribution in [-0.2, 0) is 0 Å². The highest BCUT2D eigenvalue weighted by molar-refractivity contribution is 5.58. The van der Waals surface area contributed by atoms with E-state index in [0.29, 0.717) is 5.41 Å². The highest BCUT2D eigenvalue weighted by atomic mass is 14.7. The first kappa shape index (κ1) is 5.80. The molecule has 46 valence electrons. The molecule has 1 rings (SSSR count). The van der Waals surface area contributed by atoms with Crippen LogP contribution in [0.15, 0.2) is 4.99 Å². The van der Waals surface area contributed by atoms with Crippen molar-refractivity contribution in [2.75, 3.05) is 6.54 Å². The van der Waals surface area contributed by atoms with E-state index in [-0.39, 0.29) is 0 Å². The molecule has 0 aromatic carbocycles. The standard InChI is InChI=1S/C7H13N/c1-7(2)4-3-5-8-6-7/h5H,3-4,6H2,1-2H3. The molecule has 0 radical (unpaired) electrons. The highest BCUT2D eigenvalue weighted by Gasteiger charge is 2.17. The second-order valence-corrected chi connectivity index (χ2v) is 3.23. The van der Waals surface area contributed by atoms with Gasteiger partial charge in [-0.25, -0.2) is 0 Å². The normalized spacial score (nSPS) is 25.8. The molecule has 1 heteroatoms. The van der Waals surface area contributed by atoms with Crippen molar-refractivity contribution in [1.82, 2.24) is 0 Å². The summed E-state index contributed by atoms with van der Waals surface area (Å²) in [4.78, 5) is 4.20. The summed E-state index contributed by atoms with van der Waals surface area (Å²) in [6.45, 7) is 5.56. The predicted molar refractivity (Wildman–Crippen MR) is 36.4 cm³/mol. The minimum absolute atomic E-state index is 0.481. The van der Waals surface area contributed by atoms with Crippen LogP contribution in [0.3, 0.4) is 0 Å². The third-order valence-electron chi connectivity index (χ3n) is 1.60. The molecule has 1 heterocycles. The predicted octanol–water partition coefficient (Wildman–Crippen LogP) is 1.88. The maximum absolute atomic E-state index is 4.20. The van der Waals surface area contributed by atoms with E-state index in [1.165, 1.54) is 12.8 Å². The van der Waals surface area contributed by atoms with Crippen molar-refractivity contribution >= 4 is 6.21 Å². The van der Waals surface area contributed by atoms with Crippen LogP contribution in [0.1, 0.15) is 26.7 Å². The van der Waals surface area contributed by atoms with Gasteiger partial charge in [0.05, 0.1) is 0 Å². The SMILES string of the molecule is CC1(C)CCC=NC1. The lowest BCUT2D eigenvalue weighted by Crippen LogP contribution is -2.18. The highest BCUT2D eigenvalue weighted by Crippen LogP contribution is 2.24. The van der Waals surface area contributed by atoms with Crippen LogP contribution in [-0.4, -0.2) is 12.8 Å². The quantitative estimate of drug-likeness (QED) is 0.452. The molecular formula is C7H13N. The summed E-state index contributed by atoms with van der Waals surface area (Å²) in [5, 5.41) is 0. The maximum atomic E-state index is 4.20. The summed E-state index contributed by atoms with van der Waals surface area (Å²) in [7, 11) is 0. The minimum Gasteiger partial charge on any atom is -0.297 e. The first-order valence-corrected chi connectivity index (χ1v) is 3.19. The summed E-state index contributed by atoms with van der Waals surface area (Å²) in [5.74, 6) is 0. The molecular weight excluding hydrogens is 98.1 g/mol. The first-order valence-electron chi connectivity index (χ1n) is 3.19. The van der Waals surface area contributed by atoms with Crippen molar-refractivity contribution in [2.24, 2.45) is 10.4 Å². The van der Waals surface area contributed by atoms with Gasteiger partial charge in [-0.1, -0.05) is 13.8 Å². The monoisotopic (exact) mass is 111 g/mol. The van der Waals surface area contributed by atoms with Crippen LogP contribution >= 0.6 is 0 Å². The molecule has 0 unspecified atom stereocenters. The molecule has 0 aromatic rings. The van der Waals surface area contributed by atoms with E-state index in [0.717, 1.165) is 6.54 Å². The van der Waals surface area contributed by atoms with Crippen molar-refractivity contribution in [2.45, 2.75) is 26.7 Å². The molecule has 0 amide bonds. The zero-order valence-corrected chi connectivity index (χ0v) is 5.65. The van der Waals surface area contributed by atoms with Crippen molar-refractivity contribution in [3.63, 3.8) is 0 Å². The molecule has 1 aliphatic heterocycles. The molecule has 8 heavy (non-hydrogen) atoms. The molecule has 0 fully saturated rings. The van der Waals surface area contributed by atoms with Crippen molar-refractivity contribution < 1.29 is 0 Å². The van der Waals surface area contributed by atoms with Gasteiger partial charge in [-0.15, -0.1) is 0 Å². The Labute approximate surface area is 50.8 Å². The Hall–Kier alpha value is -0.330. The van der Waals surface area contributed by atoms with E-state index in [2.05, 4.69) is 18.8 Å². The van der Waals surface area contributed by atoms with Crippen LogP contribution < -0.4 is 0 Å². The fraction of sp³-hybridized carbons (Fsp3) is 0.857. The Balaban J connectivity index is 2.50. The number of rotatable bonds is 0. The Morgan fingerprint density at radius 1 is 1.50 bits per heavy atom. The van der Waals surface area contributed by atoms with Crippen molar-refractivity contribution in [1.29, 1.82) is 0 Å². The molecule has 0 saturated carbocycles. The zero-order chi connectivity index (χ0) is 6.04. The minimum atomic E-state index is 0.481. The average Bonchev–Trinajstić information content (AvgIpc) is 1.65. The largest absolute Gasteiger partial charge is 0.297 e. The Kier molecular flexibility index (Phi) is 1.37. The molecule has 0 saturated heterocycles. The Morgan fingerprint density at radius 3 is 2.50 bits per heavy atom. The second-order valence-electron chi connectivity index (χ2n) is 3.23. The summed E-state index contributed by atoms with van der Waals surface area (Å²) in [6, 6.07) is 0. The van der Waals surface area contributed by atoms with E-state index >= 15 is 0 Å². The molecule has 0 atom stereocenters.